The molecular formula is C11H21N3O. The van der Waals surface area contributed by atoms with Crippen LogP contribution in [0.5, 0.6) is 0 Å². The first kappa shape index (κ1) is 12.2. The molecule has 1 atom stereocenters. The van der Waals surface area contributed by atoms with Gasteiger partial charge in [0.05, 0.1) is 12.3 Å². The Morgan fingerprint density at radius 1 is 1.47 bits per heavy atom. The van der Waals surface area contributed by atoms with Crippen LogP contribution in [0.2, 0.25) is 0 Å². The van der Waals surface area contributed by atoms with E-state index in [0.717, 1.165) is 31.6 Å². The van der Waals surface area contributed by atoms with Crippen molar-refractivity contribution >= 4 is 0 Å². The van der Waals surface area contributed by atoms with E-state index in [0.29, 0.717) is 0 Å². The summed E-state index contributed by atoms with van der Waals surface area (Å²) in [5.74, 6) is 0. The van der Waals surface area contributed by atoms with E-state index in [-0.39, 0.29) is 6.10 Å². The predicted octanol–water partition coefficient (Wildman–Crippen LogP) is 1.19. The van der Waals surface area contributed by atoms with Crippen LogP contribution in [0.4, 0.5) is 0 Å². The minimum atomic E-state index is -0.390. The number of aliphatic hydroxyl groups is 1. The number of aryl methyl sites for hydroxylation is 1. The SMILES string of the molecule is CCN(CC)CCC(O)c1cnn(C)c1. The second-order valence-corrected chi connectivity index (χ2v) is 3.78. The van der Waals surface area contributed by atoms with Crippen LogP contribution in [0.25, 0.3) is 0 Å². The third-order valence-electron chi connectivity index (χ3n) is 2.72. The van der Waals surface area contributed by atoms with Gasteiger partial charge in [0.1, 0.15) is 0 Å². The number of aromatic nitrogens is 2. The lowest BCUT2D eigenvalue weighted by atomic mass is 10.1. The average Bonchev–Trinajstić information content (AvgIpc) is 2.66. The highest BCUT2D eigenvalue weighted by Gasteiger charge is 2.10. The predicted molar refractivity (Wildman–Crippen MR) is 60.6 cm³/mol. The van der Waals surface area contributed by atoms with Gasteiger partial charge in [0, 0.05) is 25.4 Å². The highest BCUT2D eigenvalue weighted by molar-refractivity contribution is 5.07. The summed E-state index contributed by atoms with van der Waals surface area (Å²) in [6, 6.07) is 0. The molecule has 0 aliphatic heterocycles. The van der Waals surface area contributed by atoms with Crippen LogP contribution < -0.4 is 0 Å². The van der Waals surface area contributed by atoms with Crippen molar-refractivity contribution in [3.05, 3.63) is 18.0 Å². The minimum absolute atomic E-state index is 0.390. The maximum atomic E-state index is 9.89. The van der Waals surface area contributed by atoms with Gasteiger partial charge in [-0.3, -0.25) is 4.68 Å². The Bertz CT molecular complexity index is 281. The summed E-state index contributed by atoms with van der Waals surface area (Å²) in [6.45, 7) is 7.29. The van der Waals surface area contributed by atoms with Crippen molar-refractivity contribution < 1.29 is 5.11 Å². The molecule has 0 fully saturated rings. The Balaban J connectivity index is 2.39. The normalized spacial score (nSPS) is 13.4. The van der Waals surface area contributed by atoms with E-state index in [2.05, 4.69) is 23.8 Å². The number of hydrogen-bond donors (Lipinski definition) is 1. The van der Waals surface area contributed by atoms with E-state index in [1.807, 2.05) is 13.2 Å². The first-order chi connectivity index (χ1) is 7.17. The van der Waals surface area contributed by atoms with Crippen molar-refractivity contribution in [1.82, 2.24) is 14.7 Å². The van der Waals surface area contributed by atoms with Crippen molar-refractivity contribution in [2.45, 2.75) is 26.4 Å². The molecule has 1 rings (SSSR count). The highest BCUT2D eigenvalue weighted by atomic mass is 16.3. The maximum Gasteiger partial charge on any atom is 0.0832 e. The third-order valence-corrected chi connectivity index (χ3v) is 2.72. The summed E-state index contributed by atoms with van der Waals surface area (Å²) in [5.41, 5.74) is 0.907. The van der Waals surface area contributed by atoms with Crippen molar-refractivity contribution in [1.29, 1.82) is 0 Å². The van der Waals surface area contributed by atoms with Crippen molar-refractivity contribution in [2.75, 3.05) is 19.6 Å². The van der Waals surface area contributed by atoms with Gasteiger partial charge in [-0.25, -0.2) is 0 Å². The van der Waals surface area contributed by atoms with Gasteiger partial charge < -0.3 is 10.0 Å². The Morgan fingerprint density at radius 2 is 2.13 bits per heavy atom. The summed E-state index contributed by atoms with van der Waals surface area (Å²) in [4.78, 5) is 2.31. The lowest BCUT2D eigenvalue weighted by Gasteiger charge is -2.19. The standard InChI is InChI=1S/C11H21N3O/c1-4-14(5-2)7-6-11(15)10-8-12-13(3)9-10/h8-9,11,15H,4-7H2,1-3H3. The van der Waals surface area contributed by atoms with E-state index in [1.165, 1.54) is 0 Å². The lowest BCUT2D eigenvalue weighted by Crippen LogP contribution is -2.25. The van der Waals surface area contributed by atoms with Crippen molar-refractivity contribution in [3.63, 3.8) is 0 Å². The smallest absolute Gasteiger partial charge is 0.0832 e. The number of aliphatic hydroxyl groups excluding tert-OH is 1. The molecular weight excluding hydrogens is 190 g/mol. The highest BCUT2D eigenvalue weighted by Crippen LogP contribution is 2.15. The molecule has 1 N–H and O–H groups in total. The van der Waals surface area contributed by atoms with Crippen LogP contribution in [0.3, 0.4) is 0 Å². The summed E-state index contributed by atoms with van der Waals surface area (Å²) in [6.07, 6.45) is 3.98. The number of hydrogen-bond acceptors (Lipinski definition) is 3. The van der Waals surface area contributed by atoms with Crippen LogP contribution >= 0.6 is 0 Å². The molecule has 0 aliphatic carbocycles. The van der Waals surface area contributed by atoms with Crippen LogP contribution in [0.1, 0.15) is 31.9 Å². The van der Waals surface area contributed by atoms with Crippen molar-refractivity contribution in [3.8, 4) is 0 Å². The molecule has 0 radical (unpaired) electrons. The van der Waals surface area contributed by atoms with Gasteiger partial charge in [0.15, 0.2) is 0 Å². The molecule has 0 saturated heterocycles. The molecule has 1 aromatic heterocycles. The van der Waals surface area contributed by atoms with Crippen molar-refractivity contribution in [2.24, 2.45) is 7.05 Å². The fraction of sp³-hybridized carbons (Fsp3) is 0.727. The molecule has 1 aromatic rings. The Morgan fingerprint density at radius 3 is 2.60 bits per heavy atom. The fourth-order valence-electron chi connectivity index (χ4n) is 1.62. The topological polar surface area (TPSA) is 41.3 Å². The molecule has 0 aromatic carbocycles. The quantitative estimate of drug-likeness (QED) is 0.768. The Labute approximate surface area is 91.5 Å². The second kappa shape index (κ2) is 5.88. The zero-order chi connectivity index (χ0) is 11.3. The van der Waals surface area contributed by atoms with Gasteiger partial charge in [-0.2, -0.15) is 5.10 Å². The van der Waals surface area contributed by atoms with Crippen LogP contribution in [-0.4, -0.2) is 39.4 Å². The van der Waals surface area contributed by atoms with Crippen LogP contribution in [-0.2, 0) is 7.05 Å². The number of rotatable bonds is 6. The molecule has 0 aliphatic rings. The average molecular weight is 211 g/mol. The van der Waals surface area contributed by atoms with Crippen LogP contribution in [0.15, 0.2) is 12.4 Å². The molecule has 86 valence electrons. The fourth-order valence-corrected chi connectivity index (χ4v) is 1.62. The molecule has 1 heterocycles. The minimum Gasteiger partial charge on any atom is -0.388 e. The first-order valence-corrected chi connectivity index (χ1v) is 5.56. The van der Waals surface area contributed by atoms with E-state index in [4.69, 9.17) is 0 Å². The summed E-state index contributed by atoms with van der Waals surface area (Å²) >= 11 is 0. The molecule has 0 amide bonds. The van der Waals surface area contributed by atoms with Crippen LogP contribution in [0, 0.1) is 0 Å². The largest absolute Gasteiger partial charge is 0.388 e. The molecule has 0 saturated carbocycles. The van der Waals surface area contributed by atoms with E-state index in [1.54, 1.807) is 10.9 Å². The van der Waals surface area contributed by atoms with Gasteiger partial charge in [0.2, 0.25) is 0 Å². The third kappa shape index (κ3) is 3.64. The molecule has 0 spiro atoms. The second-order valence-electron chi connectivity index (χ2n) is 3.78. The molecule has 15 heavy (non-hydrogen) atoms. The first-order valence-electron chi connectivity index (χ1n) is 5.56. The Hall–Kier alpha value is -0.870. The molecule has 0 bridgehead atoms. The molecule has 4 heteroatoms. The van der Waals surface area contributed by atoms with Gasteiger partial charge in [-0.1, -0.05) is 13.8 Å². The van der Waals surface area contributed by atoms with Gasteiger partial charge in [-0.05, 0) is 19.5 Å². The molecule has 1 unspecified atom stereocenters. The van der Waals surface area contributed by atoms with E-state index < -0.39 is 0 Å². The zero-order valence-corrected chi connectivity index (χ0v) is 9.85. The van der Waals surface area contributed by atoms with Gasteiger partial charge in [0.25, 0.3) is 0 Å². The van der Waals surface area contributed by atoms with Gasteiger partial charge >= 0.3 is 0 Å². The Kier molecular flexibility index (Phi) is 4.78. The van der Waals surface area contributed by atoms with Gasteiger partial charge in [-0.15, -0.1) is 0 Å². The van der Waals surface area contributed by atoms with E-state index in [9.17, 15) is 5.11 Å². The summed E-state index contributed by atoms with van der Waals surface area (Å²) in [7, 11) is 1.86. The number of nitrogens with zero attached hydrogens (tertiary/aromatic N) is 3. The monoisotopic (exact) mass is 211 g/mol. The summed E-state index contributed by atoms with van der Waals surface area (Å²) in [5, 5.41) is 13.9. The maximum absolute atomic E-state index is 9.89. The summed E-state index contributed by atoms with van der Waals surface area (Å²) < 4.78 is 1.72. The molecule has 4 nitrogen and oxygen atoms in total. The zero-order valence-electron chi connectivity index (χ0n) is 9.85. The lowest BCUT2D eigenvalue weighted by molar-refractivity contribution is 0.145. The van der Waals surface area contributed by atoms with E-state index >= 15 is 0 Å².